The molecule has 0 fully saturated rings. The van der Waals surface area contributed by atoms with Crippen molar-refractivity contribution in [1.82, 2.24) is 0 Å². The van der Waals surface area contributed by atoms with Crippen LogP contribution >= 0.6 is 0 Å². The van der Waals surface area contributed by atoms with Crippen molar-refractivity contribution in [2.75, 3.05) is 6.54 Å². The van der Waals surface area contributed by atoms with Gasteiger partial charge in [0.15, 0.2) is 0 Å². The summed E-state index contributed by atoms with van der Waals surface area (Å²) < 4.78 is 26.1. The molecular weight excluding hydrogens is 160 g/mol. The lowest BCUT2D eigenvalue weighted by atomic mass is 10.1. The third-order valence-corrected chi connectivity index (χ3v) is 1.77. The Kier molecular flexibility index (Phi) is 2.76. The molecule has 0 aromatic heterocycles. The molecule has 0 aliphatic carbocycles. The van der Waals surface area contributed by atoms with Gasteiger partial charge in [-0.3, -0.25) is 0 Å². The number of nitrogens with two attached hydrogens (primary N) is 1. The highest BCUT2D eigenvalue weighted by Gasteiger charge is 2.09. The fraction of sp³-hybridized carbons (Fsp3) is 0.333. The van der Waals surface area contributed by atoms with Crippen LogP contribution in [0.2, 0.25) is 0 Å². The predicted octanol–water partition coefficient (Wildman–Crippen LogP) is 1.77. The molecule has 0 bridgehead atoms. The number of benzene rings is 1. The average Bonchev–Trinajstić information content (AvgIpc) is 2.06. The Labute approximate surface area is 70.2 Å². The fourth-order valence-corrected chi connectivity index (χ4v) is 1.09. The fourth-order valence-electron chi connectivity index (χ4n) is 1.09. The van der Waals surface area contributed by atoms with Crippen molar-refractivity contribution in [2.24, 2.45) is 5.73 Å². The van der Waals surface area contributed by atoms with Crippen molar-refractivity contribution < 1.29 is 8.78 Å². The zero-order chi connectivity index (χ0) is 9.14. The smallest absolute Gasteiger partial charge is 0.132 e. The summed E-state index contributed by atoms with van der Waals surface area (Å²) in [5, 5.41) is 0. The van der Waals surface area contributed by atoms with Gasteiger partial charge in [-0.2, -0.15) is 0 Å². The normalized spacial score (nSPS) is 10.3. The number of hydrogen-bond donors (Lipinski definition) is 1. The highest BCUT2D eigenvalue weighted by atomic mass is 19.1. The minimum absolute atomic E-state index is 0.0949. The Morgan fingerprint density at radius 1 is 1.33 bits per heavy atom. The van der Waals surface area contributed by atoms with E-state index in [2.05, 4.69) is 0 Å². The maximum absolute atomic E-state index is 13.2. The number of rotatable bonds is 2. The van der Waals surface area contributed by atoms with Crippen molar-refractivity contribution >= 4 is 0 Å². The van der Waals surface area contributed by atoms with Gasteiger partial charge in [0.25, 0.3) is 0 Å². The first-order valence-corrected chi connectivity index (χ1v) is 3.80. The maximum Gasteiger partial charge on any atom is 0.132 e. The van der Waals surface area contributed by atoms with Gasteiger partial charge >= 0.3 is 0 Å². The molecule has 0 heterocycles. The first-order chi connectivity index (χ1) is 5.66. The van der Waals surface area contributed by atoms with Crippen LogP contribution in [0.25, 0.3) is 0 Å². The monoisotopic (exact) mass is 171 g/mol. The van der Waals surface area contributed by atoms with E-state index in [1.807, 2.05) is 0 Å². The lowest BCUT2D eigenvalue weighted by molar-refractivity contribution is 0.550. The van der Waals surface area contributed by atoms with Crippen molar-refractivity contribution in [3.8, 4) is 0 Å². The number of halogens is 2. The van der Waals surface area contributed by atoms with Gasteiger partial charge in [-0.05, 0) is 31.5 Å². The quantitative estimate of drug-likeness (QED) is 0.721. The van der Waals surface area contributed by atoms with Gasteiger partial charge in [0.1, 0.15) is 11.6 Å². The molecule has 0 saturated carbocycles. The Morgan fingerprint density at radius 3 is 2.58 bits per heavy atom. The lowest BCUT2D eigenvalue weighted by Gasteiger charge is -2.04. The minimum atomic E-state index is -0.511. The Hall–Kier alpha value is -0.960. The van der Waals surface area contributed by atoms with E-state index in [4.69, 9.17) is 5.73 Å². The van der Waals surface area contributed by atoms with E-state index >= 15 is 0 Å². The molecule has 1 aromatic rings. The molecule has 1 rings (SSSR count). The van der Waals surface area contributed by atoms with Crippen LogP contribution in [0.1, 0.15) is 11.1 Å². The molecule has 2 N–H and O–H groups in total. The first-order valence-electron chi connectivity index (χ1n) is 3.80. The molecule has 66 valence electrons. The van der Waals surface area contributed by atoms with Crippen molar-refractivity contribution in [1.29, 1.82) is 0 Å². The molecule has 3 heteroatoms. The third-order valence-electron chi connectivity index (χ3n) is 1.77. The zero-order valence-electron chi connectivity index (χ0n) is 6.90. The summed E-state index contributed by atoms with van der Waals surface area (Å²) in [6.45, 7) is 1.87. The van der Waals surface area contributed by atoms with Crippen molar-refractivity contribution in [3.63, 3.8) is 0 Å². The highest BCUT2D eigenvalue weighted by Crippen LogP contribution is 2.16. The summed E-state index contributed by atoms with van der Waals surface area (Å²) >= 11 is 0. The Bertz CT molecular complexity index is 284. The van der Waals surface area contributed by atoms with Gasteiger partial charge in [0, 0.05) is 5.56 Å². The van der Waals surface area contributed by atoms with Gasteiger partial charge in [0.05, 0.1) is 0 Å². The molecule has 1 nitrogen and oxygen atoms in total. The highest BCUT2D eigenvalue weighted by molar-refractivity contribution is 5.26. The summed E-state index contributed by atoms with van der Waals surface area (Å²) in [6.07, 6.45) is 0.249. The standard InChI is InChI=1S/C9H11F2N/c1-6-2-3-8(10)7(4-5-12)9(6)11/h2-3H,4-5,12H2,1H3. The van der Waals surface area contributed by atoms with Crippen LogP contribution in [0.4, 0.5) is 8.78 Å². The molecule has 0 spiro atoms. The van der Waals surface area contributed by atoms with E-state index in [1.54, 1.807) is 6.92 Å². The zero-order valence-corrected chi connectivity index (χ0v) is 6.90. The second-order valence-corrected chi connectivity index (χ2v) is 2.70. The van der Waals surface area contributed by atoms with Crippen LogP contribution in [-0.4, -0.2) is 6.54 Å². The molecule has 0 radical (unpaired) electrons. The van der Waals surface area contributed by atoms with E-state index in [-0.39, 0.29) is 18.5 Å². The van der Waals surface area contributed by atoms with E-state index in [0.717, 1.165) is 0 Å². The molecule has 0 aliphatic heterocycles. The molecule has 0 atom stereocenters. The minimum Gasteiger partial charge on any atom is -0.330 e. The number of hydrogen-bond acceptors (Lipinski definition) is 1. The average molecular weight is 171 g/mol. The topological polar surface area (TPSA) is 26.0 Å². The van der Waals surface area contributed by atoms with Crippen molar-refractivity contribution in [2.45, 2.75) is 13.3 Å². The van der Waals surface area contributed by atoms with Crippen LogP contribution in [0.15, 0.2) is 12.1 Å². The summed E-state index contributed by atoms with van der Waals surface area (Å²) in [5.74, 6) is -0.982. The van der Waals surface area contributed by atoms with Gasteiger partial charge in [-0.15, -0.1) is 0 Å². The van der Waals surface area contributed by atoms with E-state index in [9.17, 15) is 8.78 Å². The lowest BCUT2D eigenvalue weighted by Crippen LogP contribution is -2.07. The van der Waals surface area contributed by atoms with E-state index in [0.29, 0.717) is 5.56 Å². The van der Waals surface area contributed by atoms with Crippen LogP contribution in [0.3, 0.4) is 0 Å². The predicted molar refractivity (Wildman–Crippen MR) is 43.9 cm³/mol. The molecule has 1 aromatic carbocycles. The third kappa shape index (κ3) is 1.61. The summed E-state index contributed by atoms with van der Waals surface area (Å²) in [4.78, 5) is 0. The molecule has 12 heavy (non-hydrogen) atoms. The summed E-state index contributed by atoms with van der Waals surface area (Å²) in [5.41, 5.74) is 5.77. The van der Waals surface area contributed by atoms with E-state index in [1.165, 1.54) is 12.1 Å². The van der Waals surface area contributed by atoms with Gasteiger partial charge in [-0.25, -0.2) is 8.78 Å². The molecule has 0 unspecified atom stereocenters. The summed E-state index contributed by atoms with van der Waals surface area (Å²) in [7, 11) is 0. The van der Waals surface area contributed by atoms with Gasteiger partial charge in [0.2, 0.25) is 0 Å². The van der Waals surface area contributed by atoms with Crippen LogP contribution < -0.4 is 5.73 Å². The second-order valence-electron chi connectivity index (χ2n) is 2.70. The molecule has 0 aliphatic rings. The van der Waals surface area contributed by atoms with Crippen LogP contribution in [-0.2, 0) is 6.42 Å². The number of aryl methyl sites for hydroxylation is 1. The molecular formula is C9H11F2N. The summed E-state index contributed by atoms with van der Waals surface area (Å²) in [6, 6.07) is 2.69. The van der Waals surface area contributed by atoms with Crippen LogP contribution in [0, 0.1) is 18.6 Å². The SMILES string of the molecule is Cc1ccc(F)c(CCN)c1F. The molecule has 0 amide bonds. The molecule has 0 saturated heterocycles. The van der Waals surface area contributed by atoms with Crippen molar-refractivity contribution in [3.05, 3.63) is 34.9 Å². The first kappa shape index (κ1) is 9.13. The maximum atomic E-state index is 13.2. The van der Waals surface area contributed by atoms with Gasteiger partial charge in [-0.1, -0.05) is 6.07 Å². The van der Waals surface area contributed by atoms with Gasteiger partial charge < -0.3 is 5.73 Å². The second kappa shape index (κ2) is 3.63. The Morgan fingerprint density at radius 2 is 2.00 bits per heavy atom. The Balaban J connectivity index is 3.14. The largest absolute Gasteiger partial charge is 0.330 e. The van der Waals surface area contributed by atoms with E-state index < -0.39 is 11.6 Å². The van der Waals surface area contributed by atoms with Crippen LogP contribution in [0.5, 0.6) is 0 Å².